The summed E-state index contributed by atoms with van der Waals surface area (Å²) in [6.45, 7) is 16.4. The van der Waals surface area contributed by atoms with Gasteiger partial charge in [-0.2, -0.15) is 0 Å². The van der Waals surface area contributed by atoms with Crippen LogP contribution in [0.3, 0.4) is 0 Å². The summed E-state index contributed by atoms with van der Waals surface area (Å²) in [6.07, 6.45) is 1.17. The average Bonchev–Trinajstić information content (AvgIpc) is 3.21. The minimum absolute atomic E-state index is 0. The molecule has 2 aromatic carbocycles. The predicted molar refractivity (Wildman–Crippen MR) is 148 cm³/mol. The van der Waals surface area contributed by atoms with Crippen LogP contribution in [0.15, 0.2) is 76.9 Å². The number of furan rings is 1. The molecule has 1 N–H and O–H groups in total. The number of aliphatic hydroxyl groups excluding tert-OH is 1. The molecule has 37 heavy (non-hydrogen) atoms. The van der Waals surface area contributed by atoms with Gasteiger partial charge in [-0.15, -0.1) is 35.9 Å². The number of nitrogens with zero attached hydrogens (tertiary/aromatic N) is 1. The van der Waals surface area contributed by atoms with E-state index in [4.69, 9.17) is 14.5 Å². The molecule has 2 heterocycles. The first kappa shape index (κ1) is 30.2. The number of aromatic nitrogens is 1. The molecule has 4 nitrogen and oxygen atoms in total. The largest absolute Gasteiger partial charge is 0.512 e. The number of rotatable bonds is 3. The molecule has 197 valence electrons. The topological polar surface area (TPSA) is 63.3 Å². The third-order valence-electron chi connectivity index (χ3n) is 5.73. The van der Waals surface area contributed by atoms with Gasteiger partial charge in [0.15, 0.2) is 5.78 Å². The number of ketones is 1. The molecule has 1 radical (unpaired) electrons. The van der Waals surface area contributed by atoms with Crippen molar-refractivity contribution in [1.29, 1.82) is 0 Å². The Kier molecular flexibility index (Phi) is 9.82. The van der Waals surface area contributed by atoms with Gasteiger partial charge in [-0.3, -0.25) is 9.78 Å². The Morgan fingerprint density at radius 2 is 1.54 bits per heavy atom. The van der Waals surface area contributed by atoms with Gasteiger partial charge in [-0.1, -0.05) is 59.7 Å². The van der Waals surface area contributed by atoms with E-state index in [1.807, 2.05) is 30.3 Å². The van der Waals surface area contributed by atoms with E-state index in [1.165, 1.54) is 31.1 Å². The van der Waals surface area contributed by atoms with Crippen molar-refractivity contribution < 1.29 is 34.4 Å². The fraction of sp³-hybridized carbons (Fsp3) is 0.312. The molecule has 0 saturated heterocycles. The molecular formula is C32H36IrNO3-. The van der Waals surface area contributed by atoms with Gasteiger partial charge in [0.25, 0.3) is 0 Å². The van der Waals surface area contributed by atoms with E-state index in [1.54, 1.807) is 0 Å². The fourth-order valence-corrected chi connectivity index (χ4v) is 3.69. The van der Waals surface area contributed by atoms with E-state index < -0.39 is 0 Å². The summed E-state index contributed by atoms with van der Waals surface area (Å²) in [5.74, 6) is 0.797. The number of allylic oxidation sites excluding steroid dienone is 2. The molecular weight excluding hydrogens is 639 g/mol. The predicted octanol–water partition coefficient (Wildman–Crippen LogP) is 8.59. The number of aliphatic hydroxyl groups is 1. The van der Waals surface area contributed by atoms with Gasteiger partial charge in [-0.25, -0.2) is 0 Å². The van der Waals surface area contributed by atoms with Crippen LogP contribution in [0.1, 0.15) is 66.5 Å². The number of carbonyl (C=O) groups is 1. The second kappa shape index (κ2) is 12.0. The molecule has 5 heteroatoms. The standard InChI is InChI=1S/C27H28NO.C5H8O2.Ir/c1-26(2,3)21-14-20(15-22(17-21)27(4,5)6)24-16-19-12-13-23(28-25(19)29-24)18-10-8-7-9-11-18;1-4(6)3-5(2)7;/h7-10,12-17H,1-6H3;3,6H,1-2H3;/q-1;;/b;4-3-;. The zero-order chi connectivity index (χ0) is 26.7. The zero-order valence-electron chi connectivity index (χ0n) is 22.9. The van der Waals surface area contributed by atoms with Crippen LogP contribution in [0.5, 0.6) is 0 Å². The van der Waals surface area contributed by atoms with Crippen LogP contribution in [0, 0.1) is 6.07 Å². The van der Waals surface area contributed by atoms with Gasteiger partial charge < -0.3 is 9.52 Å². The van der Waals surface area contributed by atoms with Gasteiger partial charge in [-0.05, 0) is 59.7 Å². The van der Waals surface area contributed by atoms with Crippen molar-refractivity contribution in [3.63, 3.8) is 0 Å². The van der Waals surface area contributed by atoms with Crippen molar-refractivity contribution in [2.24, 2.45) is 0 Å². The Morgan fingerprint density at radius 3 is 2.00 bits per heavy atom. The summed E-state index contributed by atoms with van der Waals surface area (Å²) < 4.78 is 6.23. The molecule has 0 amide bonds. The van der Waals surface area contributed by atoms with Crippen LogP contribution in [-0.2, 0) is 35.7 Å². The molecule has 0 aliphatic carbocycles. The van der Waals surface area contributed by atoms with Crippen molar-refractivity contribution in [3.05, 3.63) is 89.7 Å². The van der Waals surface area contributed by atoms with Crippen LogP contribution in [0.25, 0.3) is 33.7 Å². The van der Waals surface area contributed by atoms with Gasteiger partial charge >= 0.3 is 0 Å². The van der Waals surface area contributed by atoms with Gasteiger partial charge in [0.05, 0.1) is 5.76 Å². The Morgan fingerprint density at radius 1 is 0.919 bits per heavy atom. The number of fused-ring (bicyclic) bond motifs is 1. The molecule has 0 saturated carbocycles. The molecule has 4 rings (SSSR count). The second-order valence-corrected chi connectivity index (χ2v) is 11.2. The monoisotopic (exact) mass is 675 g/mol. The maximum Gasteiger partial charge on any atom is 0.217 e. The molecule has 0 spiro atoms. The third-order valence-corrected chi connectivity index (χ3v) is 5.73. The number of carbonyl (C=O) groups excluding carboxylic acids is 1. The number of benzene rings is 2. The molecule has 0 aliphatic rings. The number of pyridine rings is 1. The molecule has 0 bridgehead atoms. The molecule has 0 aliphatic heterocycles. The van der Waals surface area contributed by atoms with Crippen molar-refractivity contribution in [1.82, 2.24) is 4.98 Å². The second-order valence-electron chi connectivity index (χ2n) is 11.2. The smallest absolute Gasteiger partial charge is 0.217 e. The molecule has 0 unspecified atom stereocenters. The van der Waals surface area contributed by atoms with Crippen molar-refractivity contribution in [2.75, 3.05) is 0 Å². The summed E-state index contributed by atoms with van der Waals surface area (Å²) >= 11 is 0. The van der Waals surface area contributed by atoms with Crippen LogP contribution < -0.4 is 0 Å². The van der Waals surface area contributed by atoms with Crippen LogP contribution in [0.2, 0.25) is 0 Å². The van der Waals surface area contributed by atoms with Crippen LogP contribution in [-0.4, -0.2) is 15.9 Å². The van der Waals surface area contributed by atoms with E-state index in [9.17, 15) is 4.79 Å². The summed E-state index contributed by atoms with van der Waals surface area (Å²) in [7, 11) is 0. The summed E-state index contributed by atoms with van der Waals surface area (Å²) in [5.41, 5.74) is 6.37. The number of hydrogen-bond acceptors (Lipinski definition) is 4. The third kappa shape index (κ3) is 8.24. The van der Waals surface area contributed by atoms with E-state index in [0.29, 0.717) is 5.71 Å². The quantitative estimate of drug-likeness (QED) is 0.134. The van der Waals surface area contributed by atoms with E-state index in [2.05, 4.69) is 77.9 Å². The number of hydrogen-bond donors (Lipinski definition) is 1. The molecule has 0 fully saturated rings. The Balaban J connectivity index is 0.000000532. The van der Waals surface area contributed by atoms with Gasteiger partial charge in [0.2, 0.25) is 5.71 Å². The SMILES string of the molecule is CC(=O)/C=C(/C)O.CC(C)(C)c1cc(-c2cc3ccc(-c4[c-]cccc4)nc3o2)cc(C(C)(C)C)c1.[Ir]. The van der Waals surface area contributed by atoms with E-state index in [-0.39, 0.29) is 42.5 Å². The summed E-state index contributed by atoms with van der Waals surface area (Å²) in [4.78, 5) is 14.8. The first-order chi connectivity index (χ1) is 16.7. The first-order valence-corrected chi connectivity index (χ1v) is 12.2. The maximum absolute atomic E-state index is 10.0. The molecule has 4 aromatic rings. The van der Waals surface area contributed by atoms with Gasteiger partial charge in [0.1, 0.15) is 5.76 Å². The minimum Gasteiger partial charge on any atom is -0.512 e. The zero-order valence-corrected chi connectivity index (χ0v) is 25.3. The summed E-state index contributed by atoms with van der Waals surface area (Å²) in [6, 6.07) is 24.1. The normalized spacial score (nSPS) is 11.9. The first-order valence-electron chi connectivity index (χ1n) is 12.2. The van der Waals surface area contributed by atoms with Gasteiger partial charge in [0, 0.05) is 37.1 Å². The van der Waals surface area contributed by atoms with Crippen molar-refractivity contribution >= 4 is 16.9 Å². The van der Waals surface area contributed by atoms with E-state index in [0.717, 1.165) is 28.0 Å². The Labute approximate surface area is 234 Å². The Bertz CT molecular complexity index is 1350. The Hall–Kier alpha value is -3.01. The van der Waals surface area contributed by atoms with Crippen molar-refractivity contribution in [3.8, 4) is 22.6 Å². The van der Waals surface area contributed by atoms with Crippen molar-refractivity contribution in [2.45, 2.75) is 66.2 Å². The van der Waals surface area contributed by atoms with E-state index >= 15 is 0 Å². The van der Waals surface area contributed by atoms with Crippen LogP contribution >= 0.6 is 0 Å². The maximum atomic E-state index is 10.0. The molecule has 2 aromatic heterocycles. The van der Waals surface area contributed by atoms with Crippen LogP contribution in [0.4, 0.5) is 0 Å². The minimum atomic E-state index is -0.125. The molecule has 0 atom stereocenters. The average molecular weight is 675 g/mol. The fourth-order valence-electron chi connectivity index (χ4n) is 3.69. The summed E-state index contributed by atoms with van der Waals surface area (Å²) in [5, 5.41) is 9.38.